The van der Waals surface area contributed by atoms with Gasteiger partial charge in [-0.15, -0.1) is 0 Å². The lowest BCUT2D eigenvalue weighted by atomic mass is 10.1. The van der Waals surface area contributed by atoms with E-state index in [2.05, 4.69) is 30.5 Å². The van der Waals surface area contributed by atoms with Gasteiger partial charge >= 0.3 is 0 Å². The number of nitrogens with zero attached hydrogens (tertiary/aromatic N) is 4. The molecule has 2 aromatic heterocycles. The molecule has 4 N–H and O–H groups in total. The third-order valence-corrected chi connectivity index (χ3v) is 5.54. The molecule has 1 aromatic carbocycles. The Morgan fingerprint density at radius 2 is 1.79 bits per heavy atom. The van der Waals surface area contributed by atoms with Crippen molar-refractivity contribution in [3.05, 3.63) is 66.2 Å². The number of nitrogen functional groups attached to an aromatic ring is 1. The van der Waals surface area contributed by atoms with Crippen LogP contribution in [0.1, 0.15) is 40.1 Å². The van der Waals surface area contributed by atoms with Crippen molar-refractivity contribution >= 4 is 23.3 Å². The molecule has 0 atom stereocenters. The van der Waals surface area contributed by atoms with Crippen LogP contribution in [0.15, 0.2) is 55.0 Å². The average Bonchev–Trinajstić information content (AvgIpc) is 2.85. The number of benzene rings is 1. The standard InChI is InChI=1S/C24H27N7O2/c25-22-21(24(33)29-19-5-4-10-26-15-19)30-20(16-28-22)17-6-8-18(9-7-17)23(32)27-11-14-31-12-2-1-3-13-31/h4-10,15-16H,1-3,11-14H2,(H2,25,28)(H,27,32)(H,29,33). The normalized spacial score (nSPS) is 13.9. The molecule has 0 unspecified atom stereocenters. The molecule has 170 valence electrons. The molecule has 1 fully saturated rings. The van der Waals surface area contributed by atoms with Crippen LogP contribution < -0.4 is 16.4 Å². The molecule has 9 nitrogen and oxygen atoms in total. The lowest BCUT2D eigenvalue weighted by Gasteiger charge is -2.26. The smallest absolute Gasteiger partial charge is 0.278 e. The van der Waals surface area contributed by atoms with Crippen molar-refractivity contribution in [1.82, 2.24) is 25.2 Å². The highest BCUT2D eigenvalue weighted by atomic mass is 16.2. The first-order valence-electron chi connectivity index (χ1n) is 11.0. The molecule has 2 amide bonds. The number of nitrogens with two attached hydrogens (primary N) is 1. The van der Waals surface area contributed by atoms with Gasteiger partial charge in [-0.3, -0.25) is 14.6 Å². The van der Waals surface area contributed by atoms with Crippen LogP contribution in [0.3, 0.4) is 0 Å². The van der Waals surface area contributed by atoms with E-state index in [-0.39, 0.29) is 17.4 Å². The molecular weight excluding hydrogens is 418 g/mol. The highest BCUT2D eigenvalue weighted by molar-refractivity contribution is 6.05. The fraction of sp³-hybridized carbons (Fsp3) is 0.292. The quantitative estimate of drug-likeness (QED) is 0.510. The third-order valence-electron chi connectivity index (χ3n) is 5.54. The van der Waals surface area contributed by atoms with E-state index in [9.17, 15) is 9.59 Å². The molecule has 1 aliphatic heterocycles. The van der Waals surface area contributed by atoms with Gasteiger partial charge in [0.05, 0.1) is 23.8 Å². The highest BCUT2D eigenvalue weighted by Crippen LogP contribution is 2.20. The molecule has 4 rings (SSSR count). The van der Waals surface area contributed by atoms with Gasteiger partial charge in [0.1, 0.15) is 0 Å². The van der Waals surface area contributed by atoms with Gasteiger partial charge in [0.25, 0.3) is 11.8 Å². The van der Waals surface area contributed by atoms with Crippen molar-refractivity contribution in [2.24, 2.45) is 0 Å². The van der Waals surface area contributed by atoms with E-state index in [1.165, 1.54) is 31.7 Å². The van der Waals surface area contributed by atoms with Crippen LogP contribution in [0, 0.1) is 0 Å². The van der Waals surface area contributed by atoms with Crippen molar-refractivity contribution in [1.29, 1.82) is 0 Å². The Labute approximate surface area is 192 Å². The fourth-order valence-corrected chi connectivity index (χ4v) is 3.74. The van der Waals surface area contributed by atoms with Crippen LogP contribution in [0.4, 0.5) is 11.5 Å². The summed E-state index contributed by atoms with van der Waals surface area (Å²) in [5, 5.41) is 5.68. The van der Waals surface area contributed by atoms with Gasteiger partial charge in [-0.2, -0.15) is 0 Å². The molecule has 33 heavy (non-hydrogen) atoms. The second kappa shape index (κ2) is 10.6. The summed E-state index contributed by atoms with van der Waals surface area (Å²) in [5.74, 6) is -0.553. The molecule has 1 saturated heterocycles. The van der Waals surface area contributed by atoms with Gasteiger partial charge in [0.15, 0.2) is 11.5 Å². The molecule has 0 bridgehead atoms. The third kappa shape index (κ3) is 5.89. The lowest BCUT2D eigenvalue weighted by Crippen LogP contribution is -2.37. The number of aromatic nitrogens is 3. The molecule has 0 saturated carbocycles. The van der Waals surface area contributed by atoms with Crippen molar-refractivity contribution in [3.8, 4) is 11.3 Å². The fourth-order valence-electron chi connectivity index (χ4n) is 3.74. The Bertz CT molecular complexity index is 1100. The van der Waals surface area contributed by atoms with E-state index in [0.29, 0.717) is 23.5 Å². The predicted octanol–water partition coefficient (Wildman–Crippen LogP) is 2.59. The van der Waals surface area contributed by atoms with Crippen LogP contribution >= 0.6 is 0 Å². The first-order chi connectivity index (χ1) is 16.1. The van der Waals surface area contributed by atoms with Crippen molar-refractivity contribution in [2.75, 3.05) is 37.2 Å². The van der Waals surface area contributed by atoms with Crippen LogP contribution in [0.5, 0.6) is 0 Å². The zero-order chi connectivity index (χ0) is 23.0. The summed E-state index contributed by atoms with van der Waals surface area (Å²) >= 11 is 0. The number of carbonyl (C=O) groups is 2. The van der Waals surface area contributed by atoms with Crippen molar-refractivity contribution in [2.45, 2.75) is 19.3 Å². The largest absolute Gasteiger partial charge is 0.382 e. The molecule has 3 aromatic rings. The Hall–Kier alpha value is -3.85. The lowest BCUT2D eigenvalue weighted by molar-refractivity contribution is 0.0945. The Morgan fingerprint density at radius 3 is 2.52 bits per heavy atom. The summed E-state index contributed by atoms with van der Waals surface area (Å²) < 4.78 is 0. The van der Waals surface area contributed by atoms with E-state index in [4.69, 9.17) is 5.73 Å². The number of rotatable bonds is 7. The number of amides is 2. The van der Waals surface area contributed by atoms with Gasteiger partial charge in [-0.25, -0.2) is 9.97 Å². The molecule has 3 heterocycles. The molecule has 0 spiro atoms. The number of nitrogens with one attached hydrogen (secondary N) is 2. The molecule has 0 aliphatic carbocycles. The number of piperidine rings is 1. The minimum atomic E-state index is -0.473. The minimum absolute atomic E-state index is 0.0240. The first-order valence-corrected chi connectivity index (χ1v) is 11.0. The number of anilines is 2. The Morgan fingerprint density at radius 1 is 1.00 bits per heavy atom. The maximum atomic E-state index is 12.6. The van der Waals surface area contributed by atoms with Crippen LogP contribution in [-0.2, 0) is 0 Å². The molecule has 9 heteroatoms. The van der Waals surface area contributed by atoms with Crippen LogP contribution in [-0.4, -0.2) is 57.8 Å². The topological polar surface area (TPSA) is 126 Å². The van der Waals surface area contributed by atoms with E-state index < -0.39 is 5.91 Å². The van der Waals surface area contributed by atoms with Gasteiger partial charge in [0.2, 0.25) is 0 Å². The highest BCUT2D eigenvalue weighted by Gasteiger charge is 2.16. The second-order valence-electron chi connectivity index (χ2n) is 7.92. The van der Waals surface area contributed by atoms with Crippen LogP contribution in [0.25, 0.3) is 11.3 Å². The minimum Gasteiger partial charge on any atom is -0.382 e. The SMILES string of the molecule is Nc1ncc(-c2ccc(C(=O)NCCN3CCCCC3)cc2)nc1C(=O)Nc1cccnc1. The maximum Gasteiger partial charge on any atom is 0.278 e. The summed E-state index contributed by atoms with van der Waals surface area (Å²) in [4.78, 5) is 39.9. The summed E-state index contributed by atoms with van der Waals surface area (Å²) in [6.45, 7) is 3.71. The maximum absolute atomic E-state index is 12.6. The van der Waals surface area contributed by atoms with E-state index >= 15 is 0 Å². The first kappa shape index (κ1) is 22.3. The van der Waals surface area contributed by atoms with E-state index in [1.807, 2.05) is 0 Å². The number of likely N-dealkylation sites (tertiary alicyclic amines) is 1. The van der Waals surface area contributed by atoms with Crippen LogP contribution in [0.2, 0.25) is 0 Å². The monoisotopic (exact) mass is 445 g/mol. The molecule has 1 aliphatic rings. The van der Waals surface area contributed by atoms with E-state index in [0.717, 1.165) is 25.2 Å². The summed E-state index contributed by atoms with van der Waals surface area (Å²) in [6, 6.07) is 10.5. The second-order valence-corrected chi connectivity index (χ2v) is 7.92. The average molecular weight is 446 g/mol. The van der Waals surface area contributed by atoms with Gasteiger partial charge in [-0.1, -0.05) is 18.6 Å². The number of pyridine rings is 1. The van der Waals surface area contributed by atoms with Gasteiger partial charge < -0.3 is 21.3 Å². The molecular formula is C24H27N7O2. The summed E-state index contributed by atoms with van der Waals surface area (Å²) in [6.07, 6.45) is 8.41. The number of carbonyl (C=O) groups excluding carboxylic acids is 2. The predicted molar refractivity (Wildman–Crippen MR) is 127 cm³/mol. The summed E-state index contributed by atoms with van der Waals surface area (Å²) in [7, 11) is 0. The van der Waals surface area contributed by atoms with Gasteiger partial charge in [-0.05, 0) is 50.2 Å². The Balaban J connectivity index is 1.39. The van der Waals surface area contributed by atoms with Crippen molar-refractivity contribution < 1.29 is 9.59 Å². The zero-order valence-corrected chi connectivity index (χ0v) is 18.3. The van der Waals surface area contributed by atoms with Gasteiger partial charge in [0, 0.05) is 30.4 Å². The zero-order valence-electron chi connectivity index (χ0n) is 18.3. The molecule has 0 radical (unpaired) electrons. The van der Waals surface area contributed by atoms with E-state index in [1.54, 1.807) is 42.6 Å². The number of hydrogen-bond acceptors (Lipinski definition) is 7. The number of hydrogen-bond donors (Lipinski definition) is 3. The summed E-state index contributed by atoms with van der Waals surface area (Å²) in [5.41, 5.74) is 8.21. The Kier molecular flexibility index (Phi) is 7.21. The van der Waals surface area contributed by atoms with Crippen molar-refractivity contribution in [3.63, 3.8) is 0 Å².